The molecule has 0 unspecified atom stereocenters. The third kappa shape index (κ3) is 5.58. The van der Waals surface area contributed by atoms with Crippen LogP contribution in [-0.2, 0) is 17.8 Å². The highest BCUT2D eigenvalue weighted by atomic mass is 16.5. The third-order valence-corrected chi connectivity index (χ3v) is 6.19. The molecule has 2 heterocycles. The van der Waals surface area contributed by atoms with Crippen LogP contribution in [0.4, 0.5) is 0 Å². The number of aliphatic hydroxyl groups is 2. The summed E-state index contributed by atoms with van der Waals surface area (Å²) in [6.07, 6.45) is 4.78. The maximum atomic E-state index is 9.46. The SMILES string of the molecule is CCc1cc(-c2nc(-c3cc(OC)nc(C4CCCC4)c3)n[nH]2)ccc1COC[C@@H](O)CO. The van der Waals surface area contributed by atoms with E-state index in [1.54, 1.807) is 7.11 Å². The molecule has 1 aliphatic carbocycles. The number of aromatic nitrogens is 4. The van der Waals surface area contributed by atoms with Crippen LogP contribution in [0.15, 0.2) is 30.3 Å². The summed E-state index contributed by atoms with van der Waals surface area (Å²) in [5.41, 5.74) is 5.08. The lowest BCUT2D eigenvalue weighted by Gasteiger charge is -2.12. The first kappa shape index (κ1) is 23.4. The molecule has 1 atom stereocenters. The average molecular weight is 453 g/mol. The highest BCUT2D eigenvalue weighted by molar-refractivity contribution is 5.63. The van der Waals surface area contributed by atoms with Crippen LogP contribution < -0.4 is 4.74 Å². The average Bonchev–Trinajstić information content (AvgIpc) is 3.56. The lowest BCUT2D eigenvalue weighted by molar-refractivity contribution is -0.000132. The molecule has 8 nitrogen and oxygen atoms in total. The zero-order valence-corrected chi connectivity index (χ0v) is 19.3. The summed E-state index contributed by atoms with van der Waals surface area (Å²) in [5.74, 6) is 2.37. The van der Waals surface area contributed by atoms with Crippen molar-refractivity contribution in [1.82, 2.24) is 20.2 Å². The molecule has 0 radical (unpaired) electrons. The van der Waals surface area contributed by atoms with Crippen molar-refractivity contribution < 1.29 is 19.7 Å². The molecule has 176 valence electrons. The Morgan fingerprint density at radius 1 is 1.09 bits per heavy atom. The van der Waals surface area contributed by atoms with Gasteiger partial charge < -0.3 is 19.7 Å². The number of methoxy groups -OCH3 is 1. The van der Waals surface area contributed by atoms with Crippen molar-refractivity contribution >= 4 is 0 Å². The van der Waals surface area contributed by atoms with Crippen LogP contribution in [0.2, 0.25) is 0 Å². The number of aliphatic hydroxyl groups excluding tert-OH is 2. The smallest absolute Gasteiger partial charge is 0.213 e. The van der Waals surface area contributed by atoms with Crippen molar-refractivity contribution in [1.29, 1.82) is 0 Å². The van der Waals surface area contributed by atoms with Gasteiger partial charge in [0, 0.05) is 28.8 Å². The van der Waals surface area contributed by atoms with E-state index in [-0.39, 0.29) is 13.2 Å². The van der Waals surface area contributed by atoms with Gasteiger partial charge in [-0.05, 0) is 42.5 Å². The Kier molecular flexibility index (Phi) is 7.69. The number of H-pyrrole nitrogens is 1. The van der Waals surface area contributed by atoms with E-state index >= 15 is 0 Å². The Morgan fingerprint density at radius 2 is 1.91 bits per heavy atom. The summed E-state index contributed by atoms with van der Waals surface area (Å²) in [4.78, 5) is 9.42. The molecule has 0 amide bonds. The normalized spacial score (nSPS) is 15.2. The second-order valence-electron chi connectivity index (χ2n) is 8.50. The first-order chi connectivity index (χ1) is 16.1. The van der Waals surface area contributed by atoms with E-state index in [0.717, 1.165) is 47.2 Å². The van der Waals surface area contributed by atoms with E-state index < -0.39 is 6.10 Å². The molecule has 1 saturated carbocycles. The Morgan fingerprint density at radius 3 is 2.64 bits per heavy atom. The molecule has 3 N–H and O–H groups in total. The zero-order chi connectivity index (χ0) is 23.2. The second-order valence-corrected chi connectivity index (χ2v) is 8.50. The molecule has 33 heavy (non-hydrogen) atoms. The fourth-order valence-corrected chi connectivity index (χ4v) is 4.31. The number of nitrogens with one attached hydrogen (secondary N) is 1. The monoisotopic (exact) mass is 452 g/mol. The molecule has 2 aromatic heterocycles. The number of benzene rings is 1. The quantitative estimate of drug-likeness (QED) is 0.430. The van der Waals surface area contributed by atoms with Crippen LogP contribution in [0, 0.1) is 0 Å². The van der Waals surface area contributed by atoms with Crippen molar-refractivity contribution in [3.63, 3.8) is 0 Å². The number of nitrogens with zero attached hydrogens (tertiary/aromatic N) is 3. The molecule has 0 spiro atoms. The van der Waals surface area contributed by atoms with Gasteiger partial charge in [0.05, 0.1) is 26.9 Å². The Balaban J connectivity index is 1.55. The largest absolute Gasteiger partial charge is 0.481 e. The molecular weight excluding hydrogens is 420 g/mol. The van der Waals surface area contributed by atoms with Crippen molar-refractivity contribution in [2.75, 3.05) is 20.3 Å². The number of aryl methyl sites for hydroxylation is 1. The summed E-state index contributed by atoms with van der Waals surface area (Å²) in [5, 5.41) is 25.9. The standard InChI is InChI=1S/C25H32N4O4/c1-3-16-10-18(8-9-19(16)14-33-15-21(31)13-30)24-27-25(29-28-24)20-11-22(17-6-4-5-7-17)26-23(12-20)32-2/h8-12,17,21,30-31H,3-7,13-15H2,1-2H3,(H,27,28,29)/t21-/m0/s1. The van der Waals surface area contributed by atoms with Gasteiger partial charge in [-0.15, -0.1) is 0 Å². The van der Waals surface area contributed by atoms with Crippen LogP contribution in [0.25, 0.3) is 22.8 Å². The van der Waals surface area contributed by atoms with Crippen LogP contribution in [0.5, 0.6) is 5.88 Å². The van der Waals surface area contributed by atoms with Gasteiger partial charge in [-0.3, -0.25) is 5.10 Å². The van der Waals surface area contributed by atoms with E-state index in [9.17, 15) is 5.11 Å². The molecule has 0 bridgehead atoms. The molecule has 0 saturated heterocycles. The molecule has 3 aromatic rings. The summed E-state index contributed by atoms with van der Waals surface area (Å²) >= 11 is 0. The molecule has 0 aliphatic heterocycles. The van der Waals surface area contributed by atoms with Crippen molar-refractivity contribution in [2.24, 2.45) is 0 Å². The Hall–Kier alpha value is -2.81. The summed E-state index contributed by atoms with van der Waals surface area (Å²) < 4.78 is 11.0. The highest BCUT2D eigenvalue weighted by Crippen LogP contribution is 2.35. The molecule has 4 rings (SSSR count). The van der Waals surface area contributed by atoms with Crippen LogP contribution in [0.3, 0.4) is 0 Å². The minimum Gasteiger partial charge on any atom is -0.481 e. The maximum absolute atomic E-state index is 9.46. The topological polar surface area (TPSA) is 113 Å². The molecule has 1 aliphatic rings. The second kappa shape index (κ2) is 10.9. The number of pyridine rings is 1. The van der Waals surface area contributed by atoms with Gasteiger partial charge in [-0.2, -0.15) is 5.10 Å². The molecule has 1 aromatic carbocycles. The molecule has 8 heteroatoms. The van der Waals surface area contributed by atoms with Gasteiger partial charge in [-0.1, -0.05) is 31.9 Å². The number of rotatable bonds is 10. The van der Waals surface area contributed by atoms with Gasteiger partial charge in [0.15, 0.2) is 11.6 Å². The summed E-state index contributed by atoms with van der Waals surface area (Å²) in [7, 11) is 1.63. The van der Waals surface area contributed by atoms with Crippen molar-refractivity contribution in [3.8, 4) is 28.7 Å². The minimum absolute atomic E-state index is 0.102. The van der Waals surface area contributed by atoms with E-state index in [1.165, 1.54) is 12.8 Å². The number of hydrogen-bond acceptors (Lipinski definition) is 7. The first-order valence-corrected chi connectivity index (χ1v) is 11.6. The van der Waals surface area contributed by atoms with E-state index in [4.69, 9.17) is 19.6 Å². The predicted octanol–water partition coefficient (Wildman–Crippen LogP) is 3.63. The Bertz CT molecular complexity index is 1060. The summed E-state index contributed by atoms with van der Waals surface area (Å²) in [6, 6.07) is 10.0. The van der Waals surface area contributed by atoms with Gasteiger partial charge in [0.2, 0.25) is 5.88 Å². The van der Waals surface area contributed by atoms with Crippen LogP contribution in [0.1, 0.15) is 55.3 Å². The molecule has 1 fully saturated rings. The Labute approximate surface area is 194 Å². The van der Waals surface area contributed by atoms with Gasteiger partial charge in [0.25, 0.3) is 0 Å². The number of aromatic amines is 1. The lowest BCUT2D eigenvalue weighted by atomic mass is 10.0. The van der Waals surface area contributed by atoms with Crippen LogP contribution >= 0.6 is 0 Å². The van der Waals surface area contributed by atoms with E-state index in [1.807, 2.05) is 18.2 Å². The fourth-order valence-electron chi connectivity index (χ4n) is 4.31. The zero-order valence-electron chi connectivity index (χ0n) is 19.3. The van der Waals surface area contributed by atoms with Gasteiger partial charge in [0.1, 0.15) is 6.10 Å². The maximum Gasteiger partial charge on any atom is 0.213 e. The van der Waals surface area contributed by atoms with Crippen LogP contribution in [-0.4, -0.2) is 56.8 Å². The van der Waals surface area contributed by atoms with E-state index in [0.29, 0.717) is 30.1 Å². The first-order valence-electron chi connectivity index (χ1n) is 11.6. The lowest BCUT2D eigenvalue weighted by Crippen LogP contribution is -2.19. The highest BCUT2D eigenvalue weighted by Gasteiger charge is 2.21. The van der Waals surface area contributed by atoms with Gasteiger partial charge in [-0.25, -0.2) is 9.97 Å². The summed E-state index contributed by atoms with van der Waals surface area (Å²) in [6.45, 7) is 2.26. The van der Waals surface area contributed by atoms with Gasteiger partial charge >= 0.3 is 0 Å². The predicted molar refractivity (Wildman–Crippen MR) is 125 cm³/mol. The van der Waals surface area contributed by atoms with E-state index in [2.05, 4.69) is 34.2 Å². The van der Waals surface area contributed by atoms with Crippen molar-refractivity contribution in [2.45, 2.75) is 57.7 Å². The third-order valence-electron chi connectivity index (χ3n) is 6.19. The minimum atomic E-state index is -0.858. The van der Waals surface area contributed by atoms with Crippen molar-refractivity contribution in [3.05, 3.63) is 47.2 Å². The number of hydrogen-bond donors (Lipinski definition) is 3. The number of ether oxygens (including phenoxy) is 2. The fraction of sp³-hybridized carbons (Fsp3) is 0.480. The molecular formula is C25H32N4O4.